The first-order valence-electron chi connectivity index (χ1n) is 11.1. The Balaban J connectivity index is 1.82. The minimum Gasteiger partial charge on any atom is -0.494 e. The highest BCUT2D eigenvalue weighted by Crippen LogP contribution is 2.34. The van der Waals surface area contributed by atoms with Gasteiger partial charge in [-0.2, -0.15) is 0 Å². The van der Waals surface area contributed by atoms with Crippen molar-refractivity contribution in [2.24, 2.45) is 0 Å². The molecule has 0 aliphatic heterocycles. The number of aromatic nitrogens is 1. The van der Waals surface area contributed by atoms with Crippen LogP contribution >= 0.6 is 22.9 Å². The van der Waals surface area contributed by atoms with Gasteiger partial charge in [0.2, 0.25) is 0 Å². The van der Waals surface area contributed by atoms with Crippen LogP contribution in [0.4, 0.5) is 5.13 Å². The number of ether oxygens (including phenoxy) is 1. The Morgan fingerprint density at radius 3 is 2.53 bits per heavy atom. The minimum absolute atomic E-state index is 0.0518. The second-order valence-electron chi connectivity index (χ2n) is 8.26. The Morgan fingerprint density at radius 2 is 1.84 bits per heavy atom. The van der Waals surface area contributed by atoms with Crippen molar-refractivity contribution >= 4 is 44.2 Å². The van der Waals surface area contributed by atoms with Gasteiger partial charge in [0.05, 0.1) is 16.8 Å². The van der Waals surface area contributed by atoms with E-state index in [0.29, 0.717) is 28.9 Å². The summed E-state index contributed by atoms with van der Waals surface area (Å²) in [5.74, 6) is 0.742. The standard InChI is InChI=1S/C25H32ClN3O2S/c1-5-6-7-15-31-21-11-9-19(10-12-21)24(30)29(14-8-13-28(3)4)25-27-23-18(2)16-20(26)17-22(23)32-25/h9-12,16-17H,5-8,13-15H2,1-4H3. The molecule has 3 aromatic rings. The molecule has 0 saturated carbocycles. The van der Waals surface area contributed by atoms with E-state index in [1.807, 2.05) is 57.4 Å². The molecule has 1 amide bonds. The van der Waals surface area contributed by atoms with Crippen molar-refractivity contribution in [3.05, 3.63) is 52.5 Å². The molecule has 0 unspecified atom stereocenters. The maximum absolute atomic E-state index is 13.5. The lowest BCUT2D eigenvalue weighted by atomic mass is 10.2. The summed E-state index contributed by atoms with van der Waals surface area (Å²) in [5.41, 5.74) is 2.54. The third kappa shape index (κ3) is 6.44. The molecule has 0 bridgehead atoms. The molecule has 0 N–H and O–H groups in total. The van der Waals surface area contributed by atoms with Gasteiger partial charge in [0.15, 0.2) is 5.13 Å². The lowest BCUT2D eigenvalue weighted by molar-refractivity contribution is 0.0986. The van der Waals surface area contributed by atoms with E-state index in [0.717, 1.165) is 53.8 Å². The van der Waals surface area contributed by atoms with E-state index in [2.05, 4.69) is 11.8 Å². The summed E-state index contributed by atoms with van der Waals surface area (Å²) in [4.78, 5) is 22.2. The largest absolute Gasteiger partial charge is 0.494 e. The number of aryl methyl sites for hydroxylation is 1. The van der Waals surface area contributed by atoms with Crippen LogP contribution < -0.4 is 9.64 Å². The van der Waals surface area contributed by atoms with E-state index >= 15 is 0 Å². The van der Waals surface area contributed by atoms with E-state index < -0.39 is 0 Å². The molecule has 0 fully saturated rings. The summed E-state index contributed by atoms with van der Waals surface area (Å²) in [7, 11) is 4.07. The van der Waals surface area contributed by atoms with Crippen LogP contribution in [-0.4, -0.2) is 49.6 Å². The normalized spacial score (nSPS) is 11.3. The van der Waals surface area contributed by atoms with Gasteiger partial charge in [-0.25, -0.2) is 4.98 Å². The summed E-state index contributed by atoms with van der Waals surface area (Å²) in [6.07, 6.45) is 4.22. The van der Waals surface area contributed by atoms with Gasteiger partial charge in [0.25, 0.3) is 5.91 Å². The summed E-state index contributed by atoms with van der Waals surface area (Å²) in [5, 5.41) is 1.39. The van der Waals surface area contributed by atoms with Crippen molar-refractivity contribution in [1.29, 1.82) is 0 Å². The molecular formula is C25H32ClN3O2S. The van der Waals surface area contributed by atoms with Gasteiger partial charge >= 0.3 is 0 Å². The third-order valence-electron chi connectivity index (χ3n) is 5.22. The number of nitrogens with zero attached hydrogens (tertiary/aromatic N) is 3. The minimum atomic E-state index is -0.0518. The molecule has 0 aliphatic rings. The van der Waals surface area contributed by atoms with E-state index in [4.69, 9.17) is 21.3 Å². The molecule has 1 heterocycles. The van der Waals surface area contributed by atoms with E-state index in [-0.39, 0.29) is 5.91 Å². The first-order chi connectivity index (χ1) is 15.4. The second-order valence-corrected chi connectivity index (χ2v) is 9.70. The van der Waals surface area contributed by atoms with Gasteiger partial charge in [-0.3, -0.25) is 9.69 Å². The van der Waals surface area contributed by atoms with Crippen LogP contribution in [0.2, 0.25) is 5.02 Å². The van der Waals surface area contributed by atoms with Crippen LogP contribution in [0.5, 0.6) is 5.75 Å². The molecule has 0 aliphatic carbocycles. The van der Waals surface area contributed by atoms with Gasteiger partial charge in [0, 0.05) is 17.1 Å². The van der Waals surface area contributed by atoms with Gasteiger partial charge in [0.1, 0.15) is 5.75 Å². The highest BCUT2D eigenvalue weighted by atomic mass is 35.5. The SMILES string of the molecule is CCCCCOc1ccc(C(=O)N(CCCN(C)C)c2nc3c(C)cc(Cl)cc3s2)cc1. The first-order valence-corrected chi connectivity index (χ1v) is 12.3. The highest BCUT2D eigenvalue weighted by molar-refractivity contribution is 7.22. The molecule has 2 aromatic carbocycles. The first kappa shape index (κ1) is 24.5. The Labute approximate surface area is 200 Å². The van der Waals surface area contributed by atoms with Gasteiger partial charge in [-0.1, -0.05) is 42.7 Å². The maximum atomic E-state index is 13.5. The van der Waals surface area contributed by atoms with Crippen molar-refractivity contribution in [3.8, 4) is 5.75 Å². The summed E-state index contributed by atoms with van der Waals surface area (Å²) in [6.45, 7) is 6.36. The van der Waals surface area contributed by atoms with Crippen molar-refractivity contribution in [3.63, 3.8) is 0 Å². The van der Waals surface area contributed by atoms with E-state index in [1.165, 1.54) is 11.3 Å². The molecular weight excluding hydrogens is 442 g/mol. The van der Waals surface area contributed by atoms with Crippen molar-refractivity contribution < 1.29 is 9.53 Å². The molecule has 1 aromatic heterocycles. The maximum Gasteiger partial charge on any atom is 0.260 e. The van der Waals surface area contributed by atoms with E-state index in [9.17, 15) is 4.79 Å². The van der Waals surface area contributed by atoms with E-state index in [1.54, 1.807) is 4.90 Å². The molecule has 32 heavy (non-hydrogen) atoms. The molecule has 5 nitrogen and oxygen atoms in total. The Hall–Kier alpha value is -2.15. The number of hydrogen-bond donors (Lipinski definition) is 0. The Bertz CT molecular complexity index is 1030. The average Bonchev–Trinajstić information content (AvgIpc) is 3.18. The van der Waals surface area contributed by atoms with Gasteiger partial charge < -0.3 is 9.64 Å². The van der Waals surface area contributed by atoms with Crippen LogP contribution in [0.1, 0.15) is 48.5 Å². The number of carbonyl (C=O) groups excluding carboxylic acids is 1. The lowest BCUT2D eigenvalue weighted by Gasteiger charge is -2.21. The summed E-state index contributed by atoms with van der Waals surface area (Å²) >= 11 is 7.74. The van der Waals surface area contributed by atoms with Crippen LogP contribution in [0, 0.1) is 6.92 Å². The molecule has 0 radical (unpaired) electrons. The number of anilines is 1. The predicted molar refractivity (Wildman–Crippen MR) is 136 cm³/mol. The monoisotopic (exact) mass is 473 g/mol. The van der Waals surface area contributed by atoms with Crippen molar-refractivity contribution in [2.75, 3.05) is 38.7 Å². The second kappa shape index (κ2) is 11.6. The number of fused-ring (bicyclic) bond motifs is 1. The number of carbonyl (C=O) groups is 1. The number of rotatable bonds is 11. The van der Waals surface area contributed by atoms with Crippen molar-refractivity contribution in [1.82, 2.24) is 9.88 Å². The molecule has 3 rings (SSSR count). The van der Waals surface area contributed by atoms with Crippen molar-refractivity contribution in [2.45, 2.75) is 39.5 Å². The number of hydrogen-bond acceptors (Lipinski definition) is 5. The predicted octanol–water partition coefficient (Wildman–Crippen LogP) is 6.43. The zero-order valence-electron chi connectivity index (χ0n) is 19.4. The van der Waals surface area contributed by atoms with Gasteiger partial charge in [-0.15, -0.1) is 0 Å². The molecule has 0 saturated heterocycles. The quantitative estimate of drug-likeness (QED) is 0.301. The lowest BCUT2D eigenvalue weighted by Crippen LogP contribution is -2.33. The molecule has 0 atom stereocenters. The number of benzene rings is 2. The van der Waals surface area contributed by atoms with Crippen LogP contribution in [-0.2, 0) is 0 Å². The molecule has 7 heteroatoms. The average molecular weight is 474 g/mol. The fourth-order valence-electron chi connectivity index (χ4n) is 3.48. The third-order valence-corrected chi connectivity index (χ3v) is 6.46. The highest BCUT2D eigenvalue weighted by Gasteiger charge is 2.22. The zero-order chi connectivity index (χ0) is 23.1. The number of thiazole rings is 1. The number of unbranched alkanes of at least 4 members (excludes halogenated alkanes) is 2. The van der Waals surface area contributed by atoms with Gasteiger partial charge in [-0.05, 0) is 82.4 Å². The topological polar surface area (TPSA) is 45.7 Å². The number of halogens is 1. The Kier molecular flexibility index (Phi) is 8.91. The fourth-order valence-corrected chi connectivity index (χ4v) is 4.92. The summed E-state index contributed by atoms with van der Waals surface area (Å²) in [6, 6.07) is 11.2. The number of amides is 1. The molecule has 172 valence electrons. The van der Waals surface area contributed by atoms with Crippen LogP contribution in [0.15, 0.2) is 36.4 Å². The molecule has 0 spiro atoms. The fraction of sp³-hybridized carbons (Fsp3) is 0.440. The Morgan fingerprint density at radius 1 is 1.09 bits per heavy atom. The summed E-state index contributed by atoms with van der Waals surface area (Å²) < 4.78 is 6.78. The smallest absolute Gasteiger partial charge is 0.260 e. The zero-order valence-corrected chi connectivity index (χ0v) is 20.9. The van der Waals surface area contributed by atoms with Crippen LogP contribution in [0.3, 0.4) is 0 Å². The van der Waals surface area contributed by atoms with Crippen LogP contribution in [0.25, 0.3) is 10.2 Å².